The third-order valence-electron chi connectivity index (χ3n) is 5.46. The Bertz CT molecular complexity index is 1450. The van der Waals surface area contributed by atoms with Gasteiger partial charge < -0.3 is 10.1 Å². The van der Waals surface area contributed by atoms with Gasteiger partial charge in [0.2, 0.25) is 15.9 Å². The summed E-state index contributed by atoms with van der Waals surface area (Å²) in [6, 6.07) is 29.9. The monoisotopic (exact) mass is 598 g/mol. The first-order chi connectivity index (χ1) is 17.8. The van der Waals surface area contributed by atoms with E-state index in [1.54, 1.807) is 60.7 Å². The van der Waals surface area contributed by atoms with Crippen LogP contribution in [-0.4, -0.2) is 25.2 Å². The molecular weight excluding hydrogens is 576 g/mol. The molecule has 0 heterocycles. The van der Waals surface area contributed by atoms with Crippen LogP contribution < -0.4 is 10.1 Å². The van der Waals surface area contributed by atoms with Crippen molar-refractivity contribution in [3.8, 4) is 5.75 Å². The van der Waals surface area contributed by atoms with Crippen LogP contribution in [0.3, 0.4) is 0 Å². The van der Waals surface area contributed by atoms with Crippen molar-refractivity contribution in [2.45, 2.75) is 18.0 Å². The minimum absolute atomic E-state index is 0.0578. The molecular formula is C28H24BrClN2O4S. The van der Waals surface area contributed by atoms with E-state index in [0.717, 1.165) is 14.3 Å². The molecule has 0 spiro atoms. The zero-order valence-electron chi connectivity index (χ0n) is 19.7. The lowest BCUT2D eigenvalue weighted by molar-refractivity contribution is -0.116. The van der Waals surface area contributed by atoms with Gasteiger partial charge in [-0.25, -0.2) is 8.42 Å². The zero-order chi connectivity index (χ0) is 26.3. The van der Waals surface area contributed by atoms with E-state index in [9.17, 15) is 13.2 Å². The number of nitrogens with zero attached hydrogens (tertiary/aromatic N) is 1. The second-order valence-electron chi connectivity index (χ2n) is 8.17. The Morgan fingerprint density at radius 2 is 1.51 bits per heavy atom. The normalized spacial score (nSPS) is 11.3. The molecule has 0 fully saturated rings. The maximum atomic E-state index is 13.5. The number of carbonyl (C=O) groups is 1. The number of nitrogens with one attached hydrogen (secondary N) is 1. The molecule has 0 aromatic heterocycles. The van der Waals surface area contributed by atoms with E-state index < -0.39 is 22.5 Å². The molecule has 1 N–H and O–H groups in total. The van der Waals surface area contributed by atoms with Crippen LogP contribution in [0, 0.1) is 0 Å². The molecule has 0 aliphatic rings. The Labute approximate surface area is 230 Å². The number of rotatable bonds is 10. The molecule has 4 aromatic rings. The predicted octanol–water partition coefficient (Wildman–Crippen LogP) is 6.51. The van der Waals surface area contributed by atoms with E-state index in [1.807, 2.05) is 30.3 Å². The number of carbonyl (C=O) groups excluding carboxylic acids is 1. The maximum Gasteiger partial charge on any atom is 0.243 e. The summed E-state index contributed by atoms with van der Waals surface area (Å²) in [6.45, 7) is -0.0227. The molecule has 0 radical (unpaired) electrons. The number of ether oxygens (including phenoxy) is 1. The number of amides is 1. The van der Waals surface area contributed by atoms with Crippen LogP contribution in [0.4, 0.5) is 5.69 Å². The van der Waals surface area contributed by atoms with E-state index in [4.69, 9.17) is 16.3 Å². The van der Waals surface area contributed by atoms with E-state index in [2.05, 4.69) is 21.2 Å². The Balaban J connectivity index is 1.46. The molecule has 4 aromatic carbocycles. The minimum atomic E-state index is -3.99. The molecule has 190 valence electrons. The summed E-state index contributed by atoms with van der Waals surface area (Å²) in [5.74, 6) is 0.172. The summed E-state index contributed by atoms with van der Waals surface area (Å²) in [4.78, 5) is 13.0. The largest absolute Gasteiger partial charge is 0.489 e. The molecule has 0 aliphatic heterocycles. The Kier molecular flexibility index (Phi) is 9.00. The molecule has 0 atom stereocenters. The zero-order valence-corrected chi connectivity index (χ0v) is 22.8. The number of hydrogen-bond donors (Lipinski definition) is 1. The van der Waals surface area contributed by atoms with Crippen molar-refractivity contribution in [3.05, 3.63) is 124 Å². The highest BCUT2D eigenvalue weighted by molar-refractivity contribution is 9.10. The number of halogens is 2. The highest BCUT2D eigenvalue weighted by Gasteiger charge is 2.27. The second kappa shape index (κ2) is 12.4. The highest BCUT2D eigenvalue weighted by Crippen LogP contribution is 2.24. The van der Waals surface area contributed by atoms with Crippen molar-refractivity contribution in [1.82, 2.24) is 4.31 Å². The lowest BCUT2D eigenvalue weighted by Crippen LogP contribution is -2.37. The first-order valence-electron chi connectivity index (χ1n) is 11.4. The lowest BCUT2D eigenvalue weighted by Gasteiger charge is -2.22. The van der Waals surface area contributed by atoms with Gasteiger partial charge in [0.1, 0.15) is 12.4 Å². The van der Waals surface area contributed by atoms with Gasteiger partial charge in [0.05, 0.1) is 11.4 Å². The molecule has 9 heteroatoms. The molecule has 6 nitrogen and oxygen atoms in total. The van der Waals surface area contributed by atoms with Crippen molar-refractivity contribution >= 4 is 49.1 Å². The quantitative estimate of drug-likeness (QED) is 0.225. The van der Waals surface area contributed by atoms with Gasteiger partial charge in [0, 0.05) is 21.7 Å². The first-order valence-corrected chi connectivity index (χ1v) is 14.0. The number of anilines is 1. The van der Waals surface area contributed by atoms with Gasteiger partial charge in [-0.2, -0.15) is 4.31 Å². The van der Waals surface area contributed by atoms with Crippen LogP contribution in [0.5, 0.6) is 5.75 Å². The van der Waals surface area contributed by atoms with Gasteiger partial charge >= 0.3 is 0 Å². The molecule has 37 heavy (non-hydrogen) atoms. The summed E-state index contributed by atoms with van der Waals surface area (Å²) in [5.41, 5.74) is 2.17. The molecule has 0 saturated carbocycles. The fraction of sp³-hybridized carbons (Fsp3) is 0.107. The van der Waals surface area contributed by atoms with Crippen LogP contribution in [0.1, 0.15) is 11.1 Å². The number of benzene rings is 4. The SMILES string of the molecule is O=C(CN(Cc1ccccc1Cl)S(=O)(=O)c1ccc(Br)cc1)Nc1ccc(OCc2ccccc2)cc1. The Morgan fingerprint density at radius 3 is 2.19 bits per heavy atom. The van der Waals surface area contributed by atoms with Gasteiger partial charge in [-0.1, -0.05) is 76.1 Å². The van der Waals surface area contributed by atoms with Crippen molar-refractivity contribution in [2.24, 2.45) is 0 Å². The molecule has 0 aliphatic carbocycles. The molecule has 1 amide bonds. The summed E-state index contributed by atoms with van der Waals surface area (Å²) in [6.07, 6.45) is 0. The summed E-state index contributed by atoms with van der Waals surface area (Å²) in [5, 5.41) is 3.19. The van der Waals surface area contributed by atoms with Crippen LogP contribution >= 0.6 is 27.5 Å². The van der Waals surface area contributed by atoms with Crippen LogP contribution in [0.2, 0.25) is 5.02 Å². The third-order valence-corrected chi connectivity index (χ3v) is 8.17. The van der Waals surface area contributed by atoms with E-state index in [1.165, 1.54) is 12.1 Å². The van der Waals surface area contributed by atoms with Gasteiger partial charge in [-0.05, 0) is 65.7 Å². The smallest absolute Gasteiger partial charge is 0.243 e. The highest BCUT2D eigenvalue weighted by atomic mass is 79.9. The Hall–Kier alpha value is -3.17. The summed E-state index contributed by atoms with van der Waals surface area (Å²) in [7, 11) is -3.99. The number of sulfonamides is 1. The molecule has 4 rings (SSSR count). The standard InChI is InChI=1S/C28H24BrClN2O4S/c29-23-10-16-26(17-11-23)37(34,35)32(18-22-8-4-5-9-27(22)30)19-28(33)31-24-12-14-25(15-13-24)36-20-21-6-2-1-3-7-21/h1-17H,18-20H2,(H,31,33). The molecule has 0 saturated heterocycles. The van der Waals surface area contributed by atoms with E-state index in [-0.39, 0.29) is 11.4 Å². The average molecular weight is 600 g/mol. The van der Waals surface area contributed by atoms with Crippen LogP contribution in [0.25, 0.3) is 0 Å². The van der Waals surface area contributed by atoms with E-state index in [0.29, 0.717) is 28.6 Å². The van der Waals surface area contributed by atoms with Crippen molar-refractivity contribution in [3.63, 3.8) is 0 Å². The average Bonchev–Trinajstić information content (AvgIpc) is 2.90. The Morgan fingerprint density at radius 1 is 0.865 bits per heavy atom. The summed E-state index contributed by atoms with van der Waals surface area (Å²) < 4.78 is 34.5. The predicted molar refractivity (Wildman–Crippen MR) is 149 cm³/mol. The maximum absolute atomic E-state index is 13.5. The van der Waals surface area contributed by atoms with Gasteiger partial charge in [-0.3, -0.25) is 4.79 Å². The van der Waals surface area contributed by atoms with Gasteiger partial charge in [0.25, 0.3) is 0 Å². The van der Waals surface area contributed by atoms with Crippen molar-refractivity contribution < 1.29 is 17.9 Å². The minimum Gasteiger partial charge on any atom is -0.489 e. The lowest BCUT2D eigenvalue weighted by atomic mass is 10.2. The molecule has 0 bridgehead atoms. The fourth-order valence-corrected chi connectivity index (χ4v) is 5.37. The summed E-state index contributed by atoms with van der Waals surface area (Å²) >= 11 is 9.61. The first kappa shape index (κ1) is 26.9. The topological polar surface area (TPSA) is 75.7 Å². The van der Waals surface area contributed by atoms with E-state index >= 15 is 0 Å². The number of hydrogen-bond acceptors (Lipinski definition) is 4. The molecule has 0 unspecified atom stereocenters. The van der Waals surface area contributed by atoms with Crippen LogP contribution in [0.15, 0.2) is 112 Å². The van der Waals surface area contributed by atoms with Gasteiger partial charge in [-0.15, -0.1) is 0 Å². The van der Waals surface area contributed by atoms with Crippen molar-refractivity contribution in [1.29, 1.82) is 0 Å². The third kappa shape index (κ3) is 7.42. The fourth-order valence-electron chi connectivity index (χ4n) is 3.53. The van der Waals surface area contributed by atoms with Gasteiger partial charge in [0.15, 0.2) is 0 Å². The second-order valence-corrected chi connectivity index (χ2v) is 11.4. The van der Waals surface area contributed by atoms with Crippen molar-refractivity contribution in [2.75, 3.05) is 11.9 Å². The van der Waals surface area contributed by atoms with Crippen LogP contribution in [-0.2, 0) is 28.0 Å².